The number of carbonyl (C=O) groups is 3. The lowest BCUT2D eigenvalue weighted by Gasteiger charge is -2.28. The second-order valence-corrected chi connectivity index (χ2v) is 8.72. The predicted octanol–water partition coefficient (Wildman–Crippen LogP) is 3.72. The van der Waals surface area contributed by atoms with Crippen molar-refractivity contribution < 1.29 is 14.4 Å². The molecule has 1 aliphatic heterocycles. The van der Waals surface area contributed by atoms with Gasteiger partial charge in [-0.25, -0.2) is 9.78 Å². The number of allylic oxidation sites excluding steroid dienone is 2. The Bertz CT molecular complexity index is 1210. The SMILES string of the molecule is C=C/C=N\C=C(/C)N1C(=O)Nc2c(C(=O)NC3CCCC3NC(=O)C=C)sc3nccc1c23. The van der Waals surface area contributed by atoms with E-state index in [-0.39, 0.29) is 29.9 Å². The zero-order valence-electron chi connectivity index (χ0n) is 18.1. The highest BCUT2D eigenvalue weighted by Crippen LogP contribution is 2.44. The van der Waals surface area contributed by atoms with Crippen molar-refractivity contribution in [3.8, 4) is 0 Å². The molecule has 0 saturated heterocycles. The summed E-state index contributed by atoms with van der Waals surface area (Å²) in [5.74, 6) is -0.569. The fourth-order valence-corrected chi connectivity index (χ4v) is 5.17. The summed E-state index contributed by atoms with van der Waals surface area (Å²) >= 11 is 1.22. The highest BCUT2D eigenvalue weighted by atomic mass is 32.1. The van der Waals surface area contributed by atoms with Gasteiger partial charge in [-0.3, -0.25) is 19.5 Å². The van der Waals surface area contributed by atoms with Gasteiger partial charge in [0.05, 0.1) is 16.8 Å². The molecule has 0 radical (unpaired) electrons. The van der Waals surface area contributed by atoms with Crippen LogP contribution < -0.4 is 20.9 Å². The number of pyridine rings is 1. The first-order valence-corrected chi connectivity index (χ1v) is 11.3. The lowest BCUT2D eigenvalue weighted by molar-refractivity contribution is -0.117. The Morgan fingerprint density at radius 2 is 2.06 bits per heavy atom. The third kappa shape index (κ3) is 4.29. The number of aromatic nitrogens is 1. The number of hydrogen-bond acceptors (Lipinski definition) is 6. The van der Waals surface area contributed by atoms with E-state index in [2.05, 4.69) is 39.1 Å². The predicted molar refractivity (Wildman–Crippen MR) is 131 cm³/mol. The van der Waals surface area contributed by atoms with Crippen molar-refractivity contribution in [1.29, 1.82) is 0 Å². The van der Waals surface area contributed by atoms with E-state index in [9.17, 15) is 14.4 Å². The number of rotatable bonds is 7. The van der Waals surface area contributed by atoms with E-state index in [4.69, 9.17) is 0 Å². The average Bonchev–Trinajstić information content (AvgIpc) is 3.39. The molecule has 4 rings (SSSR count). The molecule has 9 nitrogen and oxygen atoms in total. The number of hydrogen-bond donors (Lipinski definition) is 3. The van der Waals surface area contributed by atoms with E-state index >= 15 is 0 Å². The second-order valence-electron chi connectivity index (χ2n) is 7.72. The number of amides is 4. The van der Waals surface area contributed by atoms with Crippen molar-refractivity contribution in [2.45, 2.75) is 38.3 Å². The Labute approximate surface area is 195 Å². The molecule has 0 aromatic carbocycles. The van der Waals surface area contributed by atoms with Crippen LogP contribution in [0.3, 0.4) is 0 Å². The van der Waals surface area contributed by atoms with Crippen molar-refractivity contribution in [3.63, 3.8) is 0 Å². The molecule has 1 saturated carbocycles. The fourth-order valence-electron chi connectivity index (χ4n) is 4.15. The van der Waals surface area contributed by atoms with Crippen LogP contribution >= 0.6 is 11.3 Å². The molecule has 1 fully saturated rings. The van der Waals surface area contributed by atoms with E-state index in [0.29, 0.717) is 32.2 Å². The van der Waals surface area contributed by atoms with E-state index in [1.54, 1.807) is 31.5 Å². The Hall–Kier alpha value is -3.79. The van der Waals surface area contributed by atoms with Crippen LogP contribution in [-0.2, 0) is 4.79 Å². The molecule has 0 spiro atoms. The van der Waals surface area contributed by atoms with E-state index in [0.717, 1.165) is 19.3 Å². The summed E-state index contributed by atoms with van der Waals surface area (Å²) in [6, 6.07) is 0.996. The molecule has 2 aliphatic rings. The molecule has 4 amide bonds. The smallest absolute Gasteiger partial charge is 0.330 e. The summed E-state index contributed by atoms with van der Waals surface area (Å²) in [4.78, 5) is 49.0. The van der Waals surface area contributed by atoms with Crippen molar-refractivity contribution >= 4 is 57.0 Å². The van der Waals surface area contributed by atoms with Crippen LogP contribution in [0.25, 0.3) is 10.2 Å². The maximum Gasteiger partial charge on any atom is 0.330 e. The Morgan fingerprint density at radius 3 is 2.79 bits per heavy atom. The summed E-state index contributed by atoms with van der Waals surface area (Å²) in [5.41, 5.74) is 1.69. The standard InChI is InChI=1S/C23H24N6O3S/c1-4-10-24-12-13(3)29-16-9-11-25-22-18(16)19(28-23(29)32)20(33-22)21(31)27-15-8-6-7-14(15)26-17(30)5-2/h4-5,9-12,14-15H,1-2,6-8H2,3H3,(H,26,30)(H,27,31)(H,28,32)/b13-12+,24-10-. The van der Waals surface area contributed by atoms with Gasteiger partial charge in [-0.2, -0.15) is 0 Å². The van der Waals surface area contributed by atoms with Gasteiger partial charge in [-0.15, -0.1) is 11.3 Å². The second kappa shape index (κ2) is 9.37. The Balaban J connectivity index is 1.66. The summed E-state index contributed by atoms with van der Waals surface area (Å²) in [6.45, 7) is 8.84. The quantitative estimate of drug-likeness (QED) is 0.428. The molecule has 2 unspecified atom stereocenters. The monoisotopic (exact) mass is 464 g/mol. The molecule has 10 heteroatoms. The third-order valence-corrected chi connectivity index (χ3v) is 6.70. The molecule has 33 heavy (non-hydrogen) atoms. The molecule has 2 atom stereocenters. The van der Waals surface area contributed by atoms with Gasteiger partial charge in [-0.1, -0.05) is 19.2 Å². The van der Waals surface area contributed by atoms with Crippen molar-refractivity contribution in [1.82, 2.24) is 15.6 Å². The molecule has 3 heterocycles. The number of nitrogens with zero attached hydrogens (tertiary/aromatic N) is 3. The topological polar surface area (TPSA) is 116 Å². The zero-order valence-corrected chi connectivity index (χ0v) is 18.9. The number of aliphatic imine (C=N–C) groups is 1. The molecule has 2 aromatic rings. The Morgan fingerprint density at radius 1 is 1.30 bits per heavy atom. The molecule has 2 aromatic heterocycles. The zero-order chi connectivity index (χ0) is 23.5. The van der Waals surface area contributed by atoms with Gasteiger partial charge in [0.2, 0.25) is 5.91 Å². The fraction of sp³-hybridized carbons (Fsp3) is 0.261. The third-order valence-electron chi connectivity index (χ3n) is 5.60. The molecule has 0 bridgehead atoms. The number of anilines is 2. The number of urea groups is 1. The summed E-state index contributed by atoms with van der Waals surface area (Å²) in [7, 11) is 0. The van der Waals surface area contributed by atoms with E-state index in [1.807, 2.05) is 0 Å². The van der Waals surface area contributed by atoms with Crippen LogP contribution in [0.1, 0.15) is 35.9 Å². The van der Waals surface area contributed by atoms with Crippen molar-refractivity contribution in [3.05, 3.63) is 54.3 Å². The number of carbonyl (C=O) groups excluding carboxylic acids is 3. The molecular weight excluding hydrogens is 440 g/mol. The maximum absolute atomic E-state index is 13.2. The van der Waals surface area contributed by atoms with Crippen LogP contribution in [0.4, 0.5) is 16.2 Å². The minimum Gasteiger partial charge on any atom is -0.348 e. The van der Waals surface area contributed by atoms with Crippen molar-refractivity contribution in [2.75, 3.05) is 10.2 Å². The van der Waals surface area contributed by atoms with E-state index < -0.39 is 0 Å². The van der Waals surface area contributed by atoms with Gasteiger partial charge in [0.1, 0.15) is 9.71 Å². The maximum atomic E-state index is 13.2. The lowest BCUT2D eigenvalue weighted by atomic mass is 10.1. The first-order chi connectivity index (χ1) is 15.9. The van der Waals surface area contributed by atoms with Crippen LogP contribution in [0.5, 0.6) is 0 Å². The van der Waals surface area contributed by atoms with Gasteiger partial charge >= 0.3 is 6.03 Å². The van der Waals surface area contributed by atoms with Crippen LogP contribution in [0, 0.1) is 0 Å². The van der Waals surface area contributed by atoms with Crippen molar-refractivity contribution in [2.24, 2.45) is 4.99 Å². The first kappa shape index (κ1) is 22.4. The van der Waals surface area contributed by atoms with Crippen LogP contribution in [0.2, 0.25) is 0 Å². The first-order valence-electron chi connectivity index (χ1n) is 10.5. The molecule has 1 aliphatic carbocycles. The summed E-state index contributed by atoms with van der Waals surface area (Å²) in [6.07, 6.45) is 9.91. The van der Waals surface area contributed by atoms with Gasteiger partial charge < -0.3 is 16.0 Å². The summed E-state index contributed by atoms with van der Waals surface area (Å²) < 4.78 is 0. The lowest BCUT2D eigenvalue weighted by Crippen LogP contribution is -2.48. The Kier molecular flexibility index (Phi) is 6.36. The highest BCUT2D eigenvalue weighted by molar-refractivity contribution is 7.21. The van der Waals surface area contributed by atoms with E-state index in [1.165, 1.54) is 28.5 Å². The minimum absolute atomic E-state index is 0.159. The average molecular weight is 465 g/mol. The van der Waals surface area contributed by atoms with Gasteiger partial charge in [0.25, 0.3) is 5.91 Å². The highest BCUT2D eigenvalue weighted by Gasteiger charge is 2.35. The number of nitrogens with one attached hydrogen (secondary N) is 3. The normalized spacial score (nSPS) is 20.1. The summed E-state index contributed by atoms with van der Waals surface area (Å²) in [5, 5.41) is 9.46. The largest absolute Gasteiger partial charge is 0.348 e. The van der Waals surface area contributed by atoms with Gasteiger partial charge in [-0.05, 0) is 38.3 Å². The van der Waals surface area contributed by atoms with Crippen LogP contribution in [0.15, 0.2) is 54.5 Å². The minimum atomic E-state index is -0.387. The molecule has 3 N–H and O–H groups in total. The van der Waals surface area contributed by atoms with Crippen LogP contribution in [-0.4, -0.2) is 41.1 Å². The molecule has 170 valence electrons. The van der Waals surface area contributed by atoms with Gasteiger partial charge in [0.15, 0.2) is 0 Å². The number of thiophene rings is 1. The van der Waals surface area contributed by atoms with Gasteiger partial charge in [0, 0.05) is 36.4 Å². The molecular formula is C23H24N6O3S.